The number of phosphoric acid groups is 1. The van der Waals surface area contributed by atoms with Crippen LogP contribution < -0.4 is 0 Å². The van der Waals surface area contributed by atoms with Crippen molar-refractivity contribution in [2.24, 2.45) is 5.92 Å². The normalized spacial score (nSPS) is 20.9. The molecule has 0 spiro atoms. The third kappa shape index (κ3) is 18.4. The van der Waals surface area contributed by atoms with Gasteiger partial charge in [0.15, 0.2) is 6.26 Å². The van der Waals surface area contributed by atoms with Gasteiger partial charge in [-0.05, 0) is 38.0 Å². The van der Waals surface area contributed by atoms with Gasteiger partial charge in [0.2, 0.25) is 0 Å². The molecule has 42 heavy (non-hydrogen) atoms. The molecule has 2 atom stereocenters. The predicted octanol–water partition coefficient (Wildman–Crippen LogP) is 9.69. The first-order valence-corrected chi connectivity index (χ1v) is 19.2. The zero-order valence-corrected chi connectivity index (χ0v) is 28.6. The lowest BCUT2D eigenvalue weighted by Gasteiger charge is -2.35. The van der Waals surface area contributed by atoms with Crippen molar-refractivity contribution in [1.82, 2.24) is 0 Å². The Morgan fingerprint density at radius 1 is 0.833 bits per heavy atom. The van der Waals surface area contributed by atoms with Crippen LogP contribution in [0.1, 0.15) is 148 Å². The van der Waals surface area contributed by atoms with Gasteiger partial charge in [-0.25, -0.2) is 4.57 Å². The maximum Gasteiger partial charge on any atom is 0.527 e. The smallest absolute Gasteiger partial charge is 0.406 e. The Kier molecular flexibility index (Phi) is 20.7. The number of hydrogen-bond donors (Lipinski definition) is 1. The Balaban J connectivity index is 1.60. The van der Waals surface area contributed by atoms with E-state index >= 15 is 0 Å². The molecule has 1 aliphatic carbocycles. The number of likely N-dealkylation sites (tertiary alicyclic amines) is 1. The summed E-state index contributed by atoms with van der Waals surface area (Å²) in [5, 5.41) is 0. The van der Waals surface area contributed by atoms with Crippen LogP contribution in [0.5, 0.6) is 0 Å². The fraction of sp³-hybridized carbons (Fsp3) is 0.941. The average molecular weight is 617 g/mol. The monoisotopic (exact) mass is 616 g/mol. The van der Waals surface area contributed by atoms with Gasteiger partial charge >= 0.3 is 7.82 Å². The van der Waals surface area contributed by atoms with Crippen LogP contribution in [0, 0.1) is 5.92 Å². The van der Waals surface area contributed by atoms with Gasteiger partial charge in [0, 0.05) is 19.6 Å². The molecule has 1 heterocycles. The van der Waals surface area contributed by atoms with Crippen LogP contribution in [-0.2, 0) is 23.1 Å². The summed E-state index contributed by atoms with van der Waals surface area (Å²) in [4.78, 5) is 10.4. The minimum Gasteiger partial charge on any atom is -0.406 e. The highest BCUT2D eigenvalue weighted by Crippen LogP contribution is 2.44. The number of hydrogen-bond acceptors (Lipinski definition) is 5. The van der Waals surface area contributed by atoms with E-state index in [0.29, 0.717) is 30.2 Å². The molecule has 1 saturated heterocycles. The van der Waals surface area contributed by atoms with Gasteiger partial charge in [0.1, 0.15) is 11.8 Å². The van der Waals surface area contributed by atoms with Crippen molar-refractivity contribution in [2.45, 2.75) is 154 Å². The summed E-state index contributed by atoms with van der Waals surface area (Å²) in [6.45, 7) is 4.98. The molecule has 0 aromatic carbocycles. The summed E-state index contributed by atoms with van der Waals surface area (Å²) in [6.07, 6.45) is 29.1. The number of phosphoric ester groups is 1. The van der Waals surface area contributed by atoms with Crippen molar-refractivity contribution in [2.75, 3.05) is 47.1 Å². The molecule has 1 N–H and O–H groups in total. The number of piperidine rings is 1. The van der Waals surface area contributed by atoms with Crippen molar-refractivity contribution in [3.63, 3.8) is 0 Å². The fourth-order valence-corrected chi connectivity index (χ4v) is 6.85. The zero-order valence-electron chi connectivity index (χ0n) is 27.7. The molecule has 0 bridgehead atoms. The van der Waals surface area contributed by atoms with Crippen LogP contribution >= 0.6 is 7.82 Å². The van der Waals surface area contributed by atoms with Crippen LogP contribution in [-0.4, -0.2) is 62.5 Å². The van der Waals surface area contributed by atoms with Crippen molar-refractivity contribution in [3.8, 4) is 0 Å². The Hall–Kier alpha value is -0.430. The SMILES string of the molecule is CCCCCCCCCCCCCCCCOCC(COP(=O)(O)OC=C1CCCC[N+]1(C)C)OCC1CCCCC1. The van der Waals surface area contributed by atoms with E-state index < -0.39 is 7.82 Å². The summed E-state index contributed by atoms with van der Waals surface area (Å²) in [5.41, 5.74) is 1.01. The summed E-state index contributed by atoms with van der Waals surface area (Å²) in [6, 6.07) is 0. The van der Waals surface area contributed by atoms with Crippen LogP contribution in [0.4, 0.5) is 0 Å². The third-order valence-electron chi connectivity index (χ3n) is 9.16. The molecule has 7 nitrogen and oxygen atoms in total. The molecular weight excluding hydrogens is 549 g/mol. The second-order valence-electron chi connectivity index (χ2n) is 13.5. The maximum atomic E-state index is 12.7. The molecule has 0 amide bonds. The van der Waals surface area contributed by atoms with Gasteiger partial charge in [0.05, 0.1) is 33.9 Å². The molecule has 2 unspecified atom stereocenters. The Morgan fingerprint density at radius 3 is 2.02 bits per heavy atom. The molecule has 2 aliphatic rings. The number of quaternary nitrogens is 1. The lowest BCUT2D eigenvalue weighted by atomic mass is 9.90. The molecule has 248 valence electrons. The van der Waals surface area contributed by atoms with Gasteiger partial charge in [-0.3, -0.25) is 13.9 Å². The second-order valence-corrected chi connectivity index (χ2v) is 14.9. The average Bonchev–Trinajstić information content (AvgIpc) is 2.97. The topological polar surface area (TPSA) is 74.2 Å². The Morgan fingerprint density at radius 2 is 1.43 bits per heavy atom. The number of rotatable bonds is 25. The van der Waals surface area contributed by atoms with Gasteiger partial charge in [-0.15, -0.1) is 0 Å². The first kappa shape index (κ1) is 37.8. The summed E-state index contributed by atoms with van der Waals surface area (Å²) < 4.78 is 36.2. The lowest BCUT2D eigenvalue weighted by Crippen LogP contribution is -2.41. The minimum atomic E-state index is -4.22. The summed E-state index contributed by atoms with van der Waals surface area (Å²) in [5.74, 6) is 0.556. The molecular formula is C34H67NO6P+. The van der Waals surface area contributed by atoms with Crippen LogP contribution in [0.25, 0.3) is 0 Å². The molecule has 2 fully saturated rings. The highest BCUT2D eigenvalue weighted by Gasteiger charge is 2.30. The van der Waals surface area contributed by atoms with E-state index in [9.17, 15) is 9.46 Å². The third-order valence-corrected chi connectivity index (χ3v) is 10.0. The molecule has 0 aromatic heterocycles. The van der Waals surface area contributed by atoms with E-state index in [4.69, 9.17) is 18.5 Å². The predicted molar refractivity (Wildman–Crippen MR) is 173 cm³/mol. The standard InChI is InChI=1S/C34H66NO6P/c1-4-5-6-7-8-9-10-11-12-13-14-15-16-22-27-38-30-34(39-28-32-23-18-17-19-24-32)31-41-42(36,37)40-29-33-25-20-21-26-35(33,2)3/h29,32,34H,4-28,30-31H2,1-3H3/p+1. The van der Waals surface area contributed by atoms with E-state index in [0.717, 1.165) is 37.9 Å². The second kappa shape index (κ2) is 23.0. The molecule has 0 radical (unpaired) electrons. The van der Waals surface area contributed by atoms with Crippen LogP contribution in [0.3, 0.4) is 0 Å². The number of nitrogens with zero attached hydrogens (tertiary/aromatic N) is 1. The zero-order chi connectivity index (χ0) is 30.4. The van der Waals surface area contributed by atoms with Crippen molar-refractivity contribution < 1.29 is 32.5 Å². The van der Waals surface area contributed by atoms with E-state index in [1.165, 1.54) is 122 Å². The highest BCUT2D eigenvalue weighted by molar-refractivity contribution is 7.47. The van der Waals surface area contributed by atoms with Gasteiger partial charge in [-0.1, -0.05) is 110 Å². The summed E-state index contributed by atoms with van der Waals surface area (Å²) >= 11 is 0. The number of allylic oxidation sites excluding steroid dienone is 1. The molecule has 1 saturated carbocycles. The largest absolute Gasteiger partial charge is 0.527 e. The Labute approximate surface area is 259 Å². The van der Waals surface area contributed by atoms with Gasteiger partial charge in [-0.2, -0.15) is 0 Å². The van der Waals surface area contributed by atoms with Crippen molar-refractivity contribution in [3.05, 3.63) is 12.0 Å². The van der Waals surface area contributed by atoms with Crippen LogP contribution in [0.15, 0.2) is 12.0 Å². The van der Waals surface area contributed by atoms with E-state index in [1.54, 1.807) is 0 Å². The number of unbranched alkanes of at least 4 members (excludes halogenated alkanes) is 13. The minimum absolute atomic E-state index is 0.0132. The first-order valence-electron chi connectivity index (χ1n) is 17.7. The molecule has 1 aliphatic heterocycles. The van der Waals surface area contributed by atoms with E-state index in [-0.39, 0.29) is 12.7 Å². The van der Waals surface area contributed by atoms with Crippen LogP contribution in [0.2, 0.25) is 0 Å². The highest BCUT2D eigenvalue weighted by atomic mass is 31.2. The van der Waals surface area contributed by atoms with E-state index in [1.807, 2.05) is 0 Å². The summed E-state index contributed by atoms with van der Waals surface area (Å²) in [7, 11) is -0.0249. The maximum absolute atomic E-state index is 12.7. The van der Waals surface area contributed by atoms with Crippen molar-refractivity contribution >= 4 is 7.82 Å². The van der Waals surface area contributed by atoms with E-state index in [2.05, 4.69) is 21.0 Å². The van der Waals surface area contributed by atoms with Gasteiger partial charge in [0.25, 0.3) is 0 Å². The molecule has 2 rings (SSSR count). The molecule has 0 aromatic rings. The van der Waals surface area contributed by atoms with Gasteiger partial charge < -0.3 is 14.0 Å². The quantitative estimate of drug-likeness (QED) is 0.0476. The first-order chi connectivity index (χ1) is 20.3. The van der Waals surface area contributed by atoms with Crippen molar-refractivity contribution in [1.29, 1.82) is 0 Å². The Bertz CT molecular complexity index is 740. The lowest BCUT2D eigenvalue weighted by molar-refractivity contribution is -0.858. The molecule has 8 heteroatoms. The number of ether oxygens (including phenoxy) is 2. The fourth-order valence-electron chi connectivity index (χ4n) is 6.18.